The van der Waals surface area contributed by atoms with Crippen LogP contribution in [0.25, 0.3) is 211 Å². The van der Waals surface area contributed by atoms with Crippen molar-refractivity contribution in [3.05, 3.63) is 447 Å². The fourth-order valence-electron chi connectivity index (χ4n) is 17.6. The summed E-state index contributed by atoms with van der Waals surface area (Å²) in [7, 11) is 0. The van der Waals surface area contributed by atoms with Gasteiger partial charge in [-0.25, -0.2) is 19.9 Å². The third-order valence-corrected chi connectivity index (χ3v) is 23.3. The lowest BCUT2D eigenvalue weighted by atomic mass is 9.97. The molecule has 6 aromatic heterocycles. The summed E-state index contributed by atoms with van der Waals surface area (Å²) >= 11 is 0. The molecular formula is C111H72N8O. The Morgan fingerprint density at radius 3 is 0.650 bits per heavy atom. The van der Waals surface area contributed by atoms with E-state index in [9.17, 15) is 4.79 Å². The maximum absolute atomic E-state index is 13.4. The van der Waals surface area contributed by atoms with Crippen LogP contribution in [0, 0.1) is 0 Å². The van der Waals surface area contributed by atoms with Crippen molar-refractivity contribution in [2.45, 2.75) is 0 Å². The summed E-state index contributed by atoms with van der Waals surface area (Å²) < 4.78 is 9.29. The van der Waals surface area contributed by atoms with Gasteiger partial charge in [0, 0.05) is 99.2 Å². The number of hydrogen-bond donors (Lipinski definition) is 0. The van der Waals surface area contributed by atoms with E-state index in [0.29, 0.717) is 22.4 Å². The first-order valence-corrected chi connectivity index (χ1v) is 40.5. The summed E-state index contributed by atoms with van der Waals surface area (Å²) in [6.07, 6.45) is 0. The van der Waals surface area contributed by atoms with E-state index < -0.39 is 0 Å². The van der Waals surface area contributed by atoms with E-state index >= 15 is 0 Å². The number of para-hydroxylation sites is 6. The number of aromatic nitrogens is 8. The third kappa shape index (κ3) is 12.7. The molecule has 23 rings (SSSR count). The number of pyridine rings is 1. The Morgan fingerprint density at radius 1 is 0.150 bits per heavy atom. The molecule has 0 N–H and O–H groups in total. The molecule has 0 saturated heterocycles. The van der Waals surface area contributed by atoms with Crippen molar-refractivity contribution in [3.63, 3.8) is 0 Å². The van der Waals surface area contributed by atoms with Crippen molar-refractivity contribution in [3.8, 4) is 124 Å². The van der Waals surface area contributed by atoms with Crippen molar-refractivity contribution >= 4 is 87.2 Å². The normalized spacial score (nSPS) is 11.5. The third-order valence-electron chi connectivity index (χ3n) is 23.3. The van der Waals surface area contributed by atoms with Gasteiger partial charge in [-0.3, -0.25) is 4.79 Å². The van der Waals surface area contributed by atoms with E-state index in [1.807, 2.05) is 97.1 Å². The summed E-state index contributed by atoms with van der Waals surface area (Å²) in [6.45, 7) is 0. The maximum Gasteiger partial charge on any atom is 0.197 e. The van der Waals surface area contributed by atoms with Gasteiger partial charge in [-0.2, -0.15) is 0 Å². The molecule has 0 bridgehead atoms. The summed E-state index contributed by atoms with van der Waals surface area (Å²) in [4.78, 5) is 33.8. The van der Waals surface area contributed by atoms with E-state index in [2.05, 4.69) is 358 Å². The van der Waals surface area contributed by atoms with Gasteiger partial charge >= 0.3 is 0 Å². The highest BCUT2D eigenvalue weighted by molar-refractivity contribution is 6.13. The molecule has 6 heterocycles. The van der Waals surface area contributed by atoms with Gasteiger partial charge in [-0.05, 0) is 185 Å². The van der Waals surface area contributed by atoms with Crippen LogP contribution in [0.5, 0.6) is 0 Å². The van der Waals surface area contributed by atoms with E-state index in [4.69, 9.17) is 19.9 Å². The van der Waals surface area contributed by atoms with Crippen molar-refractivity contribution in [2.75, 3.05) is 0 Å². The predicted octanol–water partition coefficient (Wildman–Crippen LogP) is 27.7. The van der Waals surface area contributed by atoms with Crippen LogP contribution >= 0.6 is 0 Å². The van der Waals surface area contributed by atoms with Gasteiger partial charge in [0.05, 0.1) is 66.9 Å². The summed E-state index contributed by atoms with van der Waals surface area (Å²) in [5.41, 5.74) is 29.7. The Hall–Kier alpha value is -16.2. The topological polar surface area (TPSA) is 88.4 Å². The van der Waals surface area contributed by atoms with Gasteiger partial charge in [0.25, 0.3) is 0 Å². The van der Waals surface area contributed by atoms with Crippen LogP contribution in [0.15, 0.2) is 442 Å². The molecule has 562 valence electrons. The van der Waals surface area contributed by atoms with Crippen LogP contribution in [-0.4, -0.2) is 38.2 Å². The van der Waals surface area contributed by atoms with E-state index in [1.54, 1.807) is 0 Å². The SMILES string of the molecule is O=c1c2ccccc2n(-c2ccc(-n3c4ccccc4c4cc(-c5cccc(-c6nc(-c7ccccc7)cc(-c7ccccc7)n6)c5)ccc43)cc2)c2ccccc12.c1ccc(-c2cc(-c3ccccc3)nc(-c3cccc(-c4cccc(-c5ccc6c(c5)c5ccccc5n6-c5ccc(-n6c7ccccc7c7ccccc76)cc5)c4)c3)n2)cc1. The molecule has 0 aliphatic carbocycles. The lowest BCUT2D eigenvalue weighted by Gasteiger charge is -2.16. The number of hydrogen-bond acceptors (Lipinski definition) is 5. The second kappa shape index (κ2) is 29.9. The molecule has 0 aliphatic heterocycles. The molecule has 0 aliphatic rings. The number of rotatable bonds is 13. The van der Waals surface area contributed by atoms with E-state index in [1.165, 1.54) is 59.9 Å². The van der Waals surface area contributed by atoms with Crippen LogP contribution in [0.1, 0.15) is 0 Å². The van der Waals surface area contributed by atoms with E-state index in [-0.39, 0.29) is 5.43 Å². The molecule has 0 atom stereocenters. The number of benzene rings is 17. The van der Waals surface area contributed by atoms with Crippen molar-refractivity contribution < 1.29 is 0 Å². The molecule has 0 spiro atoms. The smallest absolute Gasteiger partial charge is 0.197 e. The standard InChI is InChI=1S/C58H38N4.C53H34N4O/c1-3-15-39(16-4-1)52-38-53(40-17-5-2-6-18-40)60-58(59-52)45-22-14-21-43(36-45)41-19-13-20-42(35-41)44-29-34-57-51(37-44)50-25-9-12-28-56(50)62(57)47-32-30-46(31-33-47)61-54-26-10-7-23-48(54)49-24-8-11-27-55(49)61;58-52-43-21-8-11-24-49(43)57(50-25-12-9-22-44(50)52)41-29-27-40(28-30-41)56-48-23-10-7-20-42(48)45-33-38(26-31-51(45)56)37-18-13-19-39(32-37)53-54-46(35-14-3-1-4-15-35)34-47(55-53)36-16-5-2-6-17-36/h1-38H;1-34H. The Bertz CT molecular complexity index is 7740. The largest absolute Gasteiger partial charge is 0.309 e. The molecule has 0 fully saturated rings. The number of fused-ring (bicyclic) bond motifs is 11. The highest BCUT2D eigenvalue weighted by Crippen LogP contribution is 2.42. The molecular weight excluding hydrogens is 1460 g/mol. The van der Waals surface area contributed by atoms with Crippen molar-refractivity contribution in [2.24, 2.45) is 0 Å². The quantitative estimate of drug-likeness (QED) is 0.107. The molecule has 0 saturated carbocycles. The predicted molar refractivity (Wildman–Crippen MR) is 497 cm³/mol. The Morgan fingerprint density at radius 2 is 0.358 bits per heavy atom. The van der Waals surface area contributed by atoms with Gasteiger partial charge in [0.1, 0.15) is 0 Å². The summed E-state index contributed by atoms with van der Waals surface area (Å²) in [6, 6.07) is 153. The molecule has 9 nitrogen and oxygen atoms in total. The second-order valence-electron chi connectivity index (χ2n) is 30.4. The first kappa shape index (κ1) is 70.4. The average molecular weight is 1530 g/mol. The molecule has 0 amide bonds. The molecule has 0 unspecified atom stereocenters. The minimum absolute atomic E-state index is 0.0539. The minimum atomic E-state index is 0.0539. The first-order valence-electron chi connectivity index (χ1n) is 40.5. The van der Waals surface area contributed by atoms with Crippen LogP contribution in [0.3, 0.4) is 0 Å². The fraction of sp³-hybridized carbons (Fsp3) is 0. The van der Waals surface area contributed by atoms with Crippen LogP contribution in [0.4, 0.5) is 0 Å². The zero-order chi connectivity index (χ0) is 79.6. The van der Waals surface area contributed by atoms with Gasteiger partial charge in [0.15, 0.2) is 17.1 Å². The maximum atomic E-state index is 13.4. The highest BCUT2D eigenvalue weighted by Gasteiger charge is 2.21. The Labute approximate surface area is 691 Å². The van der Waals surface area contributed by atoms with Crippen LogP contribution < -0.4 is 5.43 Å². The zero-order valence-electron chi connectivity index (χ0n) is 65.1. The second-order valence-corrected chi connectivity index (χ2v) is 30.4. The summed E-state index contributed by atoms with van der Waals surface area (Å²) in [5, 5.41) is 8.76. The Kier molecular flexibility index (Phi) is 17.5. The first-order chi connectivity index (χ1) is 59.4. The van der Waals surface area contributed by atoms with Crippen molar-refractivity contribution in [1.29, 1.82) is 0 Å². The molecule has 9 heteroatoms. The van der Waals surface area contributed by atoms with Crippen LogP contribution in [0.2, 0.25) is 0 Å². The molecule has 0 radical (unpaired) electrons. The molecule has 17 aromatic carbocycles. The van der Waals surface area contributed by atoms with Crippen molar-refractivity contribution in [1.82, 2.24) is 38.2 Å². The lowest BCUT2D eigenvalue weighted by Crippen LogP contribution is -2.10. The molecule has 120 heavy (non-hydrogen) atoms. The molecule has 23 aromatic rings. The monoisotopic (exact) mass is 1530 g/mol. The number of nitrogens with zero attached hydrogens (tertiary/aromatic N) is 8. The van der Waals surface area contributed by atoms with Gasteiger partial charge in [-0.1, -0.05) is 285 Å². The van der Waals surface area contributed by atoms with Gasteiger partial charge in [0.2, 0.25) is 0 Å². The van der Waals surface area contributed by atoms with Gasteiger partial charge in [-0.15, -0.1) is 0 Å². The summed E-state index contributed by atoms with van der Waals surface area (Å²) in [5.74, 6) is 1.39. The lowest BCUT2D eigenvalue weighted by molar-refractivity contribution is 1.14. The zero-order valence-corrected chi connectivity index (χ0v) is 65.1. The van der Waals surface area contributed by atoms with Crippen LogP contribution in [-0.2, 0) is 0 Å². The highest BCUT2D eigenvalue weighted by atomic mass is 16.1. The minimum Gasteiger partial charge on any atom is -0.309 e. The van der Waals surface area contributed by atoms with Gasteiger partial charge < -0.3 is 18.3 Å². The fourth-order valence-corrected chi connectivity index (χ4v) is 17.6. The average Bonchev–Trinajstić information content (AvgIpc) is 1.19. The Balaban J connectivity index is 0.000000144. The van der Waals surface area contributed by atoms with E-state index in [0.717, 1.165) is 129 Å².